The molecule has 9 fully saturated rings. The quantitative estimate of drug-likeness (QED) is 0.323. The number of hydrogen-bond donors (Lipinski definition) is 1. The Morgan fingerprint density at radius 1 is 0.852 bits per heavy atom. The molecule has 9 aliphatic rings. The number of carbonyl (C=O) groups excluding carboxylic acids is 1. The molecule has 2 spiro atoms. The second kappa shape index (κ2) is 14.8. The molecular weight excluding hydrogens is 694 g/mol. The monoisotopic (exact) mass is 758 g/mol. The van der Waals surface area contributed by atoms with E-state index < -0.39 is 11.9 Å². The van der Waals surface area contributed by atoms with E-state index >= 15 is 0 Å². The summed E-state index contributed by atoms with van der Waals surface area (Å²) in [5.41, 5.74) is 8.06. The minimum absolute atomic E-state index is 0.0157. The first-order valence-electron chi connectivity index (χ1n) is 21.0. The van der Waals surface area contributed by atoms with Crippen LogP contribution in [0.15, 0.2) is 24.3 Å². The van der Waals surface area contributed by atoms with Gasteiger partial charge in [0.05, 0.1) is 79.2 Å². The van der Waals surface area contributed by atoms with Crippen LogP contribution in [-0.4, -0.2) is 128 Å². The van der Waals surface area contributed by atoms with E-state index in [-0.39, 0.29) is 103 Å². The molecule has 0 amide bonds. The van der Waals surface area contributed by atoms with Crippen molar-refractivity contribution in [3.63, 3.8) is 0 Å². The van der Waals surface area contributed by atoms with Gasteiger partial charge in [-0.1, -0.05) is 20.1 Å². The molecule has 0 aromatic rings. The first-order valence-corrected chi connectivity index (χ1v) is 21.0. The summed E-state index contributed by atoms with van der Waals surface area (Å²) < 4.78 is 59.7. The van der Waals surface area contributed by atoms with Crippen LogP contribution < -0.4 is 5.73 Å². The van der Waals surface area contributed by atoms with E-state index in [0.29, 0.717) is 57.4 Å². The number of ketones is 1. The number of fused-ring (bicyclic) bond motifs is 8. The lowest BCUT2D eigenvalue weighted by Crippen LogP contribution is -2.58. The molecule has 0 aromatic carbocycles. The van der Waals surface area contributed by atoms with Gasteiger partial charge >= 0.3 is 0 Å². The van der Waals surface area contributed by atoms with Crippen LogP contribution in [0, 0.1) is 17.8 Å². The highest BCUT2D eigenvalue weighted by Gasteiger charge is 2.67. The molecule has 1 aliphatic carbocycles. The molecule has 12 nitrogen and oxygen atoms in total. The van der Waals surface area contributed by atoms with Crippen LogP contribution in [-0.2, 0) is 47.4 Å². The lowest BCUT2D eigenvalue weighted by molar-refractivity contribution is -0.278. The molecule has 0 radical (unpaired) electrons. The fourth-order valence-electron chi connectivity index (χ4n) is 11.9. The number of carbonyl (C=O) groups is 1. The van der Waals surface area contributed by atoms with Crippen molar-refractivity contribution >= 4 is 5.78 Å². The third-order valence-corrected chi connectivity index (χ3v) is 14.9. The number of methoxy groups -OCH3 is 2. The van der Waals surface area contributed by atoms with E-state index in [1.54, 1.807) is 14.2 Å². The third kappa shape index (κ3) is 7.01. The number of ether oxygens (including phenoxy) is 9. The topological polar surface area (TPSA) is 149 Å². The van der Waals surface area contributed by atoms with Crippen molar-refractivity contribution in [2.75, 3.05) is 20.8 Å². The first kappa shape index (κ1) is 38.2. The summed E-state index contributed by atoms with van der Waals surface area (Å²) in [4.78, 5) is 14.1. The molecule has 302 valence electrons. The van der Waals surface area contributed by atoms with Crippen molar-refractivity contribution in [3.05, 3.63) is 24.3 Å². The van der Waals surface area contributed by atoms with Crippen molar-refractivity contribution in [3.8, 4) is 0 Å². The standard InChI is InChI=1S/C42H63NO11/c1-21-10-26-6-8-31-22(2)16-41(52-31)17-24(41)18-42-19-30(45)39(54-42)36-15-37(53-42)40-32(50-36)9-7-27(49-40)11-25(44)12-29-34(14-33(48-26)23(21)3)51-35(38(29)47-5)13-28(20-43)46-4/h21,24,26-40,45H,2-3,6-20,43H2,1,4-5H3/p+1/t21-,24?,26+,27-,28+,29+,30-,31+,32?,33-,34+,35-,36?,37-,38-,39+,40+,41?,42-/m1/s1. The molecule has 8 saturated heterocycles. The zero-order valence-corrected chi connectivity index (χ0v) is 32.5. The molecular formula is C42H64NO11+. The fraction of sp³-hybridized carbons (Fsp3) is 0.881. The summed E-state index contributed by atoms with van der Waals surface area (Å²) in [5, 5.41) is 9.01. The SMILES string of the molecule is C=C1CC23CC2C[C@]24C[C@@H]([OH2+])[C@H](O2)C2C[C@@H](O4)[C@H]4O[C@H](CCC4O2)CC(=O)C[C@@H]2[C@@H](OC)[C@@H](C[C@@H](CN)OC)O[C@H]2C[C@H]2O[C@@H](CC[C@@H]1O3)C[C@@H](C)C2=C. The molecule has 12 heteroatoms. The molecule has 0 aromatic heterocycles. The maximum absolute atomic E-state index is 14.1. The summed E-state index contributed by atoms with van der Waals surface area (Å²) in [6, 6.07) is 0. The number of hydrogen-bond acceptors (Lipinski definition) is 11. The maximum atomic E-state index is 14.1. The van der Waals surface area contributed by atoms with Crippen LogP contribution in [0.1, 0.15) is 96.8 Å². The predicted molar refractivity (Wildman–Crippen MR) is 197 cm³/mol. The Labute approximate surface area is 320 Å². The fourth-order valence-corrected chi connectivity index (χ4v) is 11.9. The molecule has 8 heterocycles. The minimum atomic E-state index is -0.868. The van der Waals surface area contributed by atoms with Gasteiger partial charge in [0.1, 0.15) is 11.9 Å². The second-order valence-corrected chi connectivity index (χ2v) is 18.4. The van der Waals surface area contributed by atoms with Gasteiger partial charge < -0.3 is 53.5 Å². The molecule has 4 unspecified atom stereocenters. The Hall–Kier alpha value is -1.29. The van der Waals surface area contributed by atoms with Crippen LogP contribution in [0.2, 0.25) is 0 Å². The number of nitrogens with two attached hydrogens (primary N) is 1. The van der Waals surface area contributed by atoms with E-state index in [2.05, 4.69) is 20.1 Å². The molecule has 54 heavy (non-hydrogen) atoms. The zero-order valence-electron chi connectivity index (χ0n) is 32.5. The lowest BCUT2D eigenvalue weighted by atomic mass is 9.81. The normalized spacial score (nSPS) is 52.3. The predicted octanol–water partition coefficient (Wildman–Crippen LogP) is 3.81. The average Bonchev–Trinajstić information content (AvgIpc) is 3.36. The molecule has 9 rings (SSSR count). The molecule has 1 saturated carbocycles. The van der Waals surface area contributed by atoms with Crippen LogP contribution in [0.4, 0.5) is 0 Å². The van der Waals surface area contributed by atoms with E-state index in [4.69, 9.17) is 53.5 Å². The average molecular weight is 759 g/mol. The van der Waals surface area contributed by atoms with Crippen LogP contribution in [0.5, 0.6) is 0 Å². The van der Waals surface area contributed by atoms with Gasteiger partial charge in [-0.05, 0) is 67.9 Å². The Balaban J connectivity index is 0.998. The van der Waals surface area contributed by atoms with Gasteiger partial charge in [0.2, 0.25) is 0 Å². The van der Waals surface area contributed by atoms with Gasteiger partial charge in [0, 0.05) is 65.2 Å². The number of rotatable bonds is 5. The zero-order chi connectivity index (χ0) is 37.5. The van der Waals surface area contributed by atoms with Crippen LogP contribution in [0.3, 0.4) is 0 Å². The highest BCUT2D eigenvalue weighted by molar-refractivity contribution is 5.79. The summed E-state index contributed by atoms with van der Waals surface area (Å²) in [7, 11) is 3.38. The Bertz CT molecular complexity index is 1440. The van der Waals surface area contributed by atoms with Crippen molar-refractivity contribution in [2.45, 2.75) is 194 Å². The van der Waals surface area contributed by atoms with Gasteiger partial charge in [-0.2, -0.15) is 0 Å². The van der Waals surface area contributed by atoms with E-state index in [0.717, 1.165) is 56.1 Å². The summed E-state index contributed by atoms with van der Waals surface area (Å²) in [6.07, 6.45) is 6.59. The molecule has 4 N–H and O–H groups in total. The molecule has 10 bridgehead atoms. The van der Waals surface area contributed by atoms with Crippen molar-refractivity contribution in [1.29, 1.82) is 0 Å². The van der Waals surface area contributed by atoms with E-state index in [1.165, 1.54) is 0 Å². The first-order chi connectivity index (χ1) is 26.0. The van der Waals surface area contributed by atoms with Gasteiger partial charge in [-0.15, -0.1) is 0 Å². The van der Waals surface area contributed by atoms with Gasteiger partial charge in [0.15, 0.2) is 18.0 Å². The van der Waals surface area contributed by atoms with Gasteiger partial charge in [0.25, 0.3) is 0 Å². The number of Topliss-reactive ketones (excluding diaryl/α,β-unsaturated/α-hetero) is 1. The Kier molecular flexibility index (Phi) is 10.5. The van der Waals surface area contributed by atoms with E-state index in [9.17, 15) is 4.79 Å². The molecule has 8 aliphatic heterocycles. The van der Waals surface area contributed by atoms with Crippen molar-refractivity contribution < 1.29 is 52.5 Å². The highest BCUT2D eigenvalue weighted by Crippen LogP contribution is 2.62. The Morgan fingerprint density at radius 3 is 2.48 bits per heavy atom. The van der Waals surface area contributed by atoms with Gasteiger partial charge in [-0.3, -0.25) is 4.79 Å². The summed E-state index contributed by atoms with van der Waals surface area (Å²) in [6.45, 7) is 11.6. The Morgan fingerprint density at radius 2 is 1.69 bits per heavy atom. The summed E-state index contributed by atoms with van der Waals surface area (Å²) in [5.74, 6) is -0.330. The largest absolute Gasteiger partial charge is 0.441 e. The second-order valence-electron chi connectivity index (χ2n) is 18.4. The van der Waals surface area contributed by atoms with E-state index in [1.807, 2.05) is 0 Å². The maximum Gasteiger partial charge on any atom is 0.188 e. The third-order valence-electron chi connectivity index (χ3n) is 14.9. The molecule has 19 atom stereocenters. The highest BCUT2D eigenvalue weighted by atomic mass is 16.7. The lowest BCUT2D eigenvalue weighted by Gasteiger charge is -2.47. The van der Waals surface area contributed by atoms with Crippen molar-refractivity contribution in [1.82, 2.24) is 0 Å². The van der Waals surface area contributed by atoms with Crippen molar-refractivity contribution in [2.24, 2.45) is 23.5 Å². The van der Waals surface area contributed by atoms with Crippen LogP contribution in [0.25, 0.3) is 0 Å². The summed E-state index contributed by atoms with van der Waals surface area (Å²) >= 11 is 0. The van der Waals surface area contributed by atoms with Crippen LogP contribution >= 0.6 is 0 Å². The van der Waals surface area contributed by atoms with Gasteiger partial charge in [-0.25, -0.2) is 0 Å². The smallest absolute Gasteiger partial charge is 0.188 e. The minimum Gasteiger partial charge on any atom is -0.441 e.